The van der Waals surface area contributed by atoms with E-state index in [1.807, 2.05) is 0 Å². The number of hydrogen-bond acceptors (Lipinski definition) is 9. The fourth-order valence-electron chi connectivity index (χ4n) is 2.85. The van der Waals surface area contributed by atoms with Crippen LogP contribution in [-0.4, -0.2) is 50.3 Å². The van der Waals surface area contributed by atoms with Crippen LogP contribution in [0, 0.1) is 0 Å². The Morgan fingerprint density at radius 3 is 1.41 bits per heavy atom. The molecular weight excluding hydrogens is 384 g/mol. The Hall–Kier alpha value is -3.72. The standard InChI is InChI=1S/C20H14O9/c21-17-13-3-1-11(9-15(13)19(23)28-17)26-7-5-25-6-8-27-12-2-4-14-16(10-12)20(24)29-18(14)22/h1-4,9-10H,5-8H2. The summed E-state index contributed by atoms with van der Waals surface area (Å²) in [5, 5.41) is 0. The smallest absolute Gasteiger partial charge is 0.347 e. The van der Waals surface area contributed by atoms with Crippen molar-refractivity contribution in [3.63, 3.8) is 0 Å². The van der Waals surface area contributed by atoms with E-state index >= 15 is 0 Å². The van der Waals surface area contributed by atoms with Gasteiger partial charge in [0.05, 0.1) is 35.5 Å². The SMILES string of the molecule is O=C1OC(=O)c2cc(OCCOCCOc3ccc4c(c3)C(=O)OC4=O)ccc21. The lowest BCUT2D eigenvalue weighted by Gasteiger charge is -2.09. The maximum atomic E-state index is 11.5. The maximum Gasteiger partial charge on any atom is 0.347 e. The Morgan fingerprint density at radius 2 is 0.966 bits per heavy atom. The number of cyclic esters (lactones) is 4. The van der Waals surface area contributed by atoms with Gasteiger partial charge >= 0.3 is 23.9 Å². The summed E-state index contributed by atoms with van der Waals surface area (Å²) < 4.78 is 25.4. The zero-order valence-electron chi connectivity index (χ0n) is 15.0. The Morgan fingerprint density at radius 1 is 0.552 bits per heavy atom. The van der Waals surface area contributed by atoms with Crippen LogP contribution >= 0.6 is 0 Å². The molecule has 9 heteroatoms. The molecule has 2 aliphatic heterocycles. The van der Waals surface area contributed by atoms with Crippen LogP contribution in [0.3, 0.4) is 0 Å². The molecule has 2 aromatic carbocycles. The van der Waals surface area contributed by atoms with E-state index in [2.05, 4.69) is 9.47 Å². The Balaban J connectivity index is 1.17. The van der Waals surface area contributed by atoms with Gasteiger partial charge in [-0.15, -0.1) is 0 Å². The first kappa shape index (κ1) is 18.6. The predicted octanol–water partition coefficient (Wildman–Crippen LogP) is 1.78. The van der Waals surface area contributed by atoms with E-state index in [-0.39, 0.29) is 48.7 Å². The summed E-state index contributed by atoms with van der Waals surface area (Å²) in [5.74, 6) is -1.84. The quantitative estimate of drug-likeness (QED) is 0.373. The van der Waals surface area contributed by atoms with E-state index in [1.54, 1.807) is 12.1 Å². The van der Waals surface area contributed by atoms with E-state index in [9.17, 15) is 19.2 Å². The Kier molecular flexibility index (Phi) is 4.96. The topological polar surface area (TPSA) is 114 Å². The van der Waals surface area contributed by atoms with Gasteiger partial charge < -0.3 is 23.7 Å². The Bertz CT molecular complexity index is 943. The summed E-state index contributed by atoms with van der Waals surface area (Å²) in [7, 11) is 0. The number of carbonyl (C=O) groups is 4. The van der Waals surface area contributed by atoms with Crippen molar-refractivity contribution < 1.29 is 42.9 Å². The fraction of sp³-hybridized carbons (Fsp3) is 0.200. The zero-order chi connectivity index (χ0) is 20.4. The van der Waals surface area contributed by atoms with Crippen LogP contribution < -0.4 is 9.47 Å². The lowest BCUT2D eigenvalue weighted by atomic mass is 10.1. The van der Waals surface area contributed by atoms with E-state index < -0.39 is 23.9 Å². The second kappa shape index (κ2) is 7.72. The van der Waals surface area contributed by atoms with E-state index in [0.29, 0.717) is 11.5 Å². The lowest BCUT2D eigenvalue weighted by Crippen LogP contribution is -2.12. The number of rotatable bonds is 8. The lowest BCUT2D eigenvalue weighted by molar-refractivity contribution is 0.0425. The average Bonchev–Trinajstić information content (AvgIpc) is 3.16. The van der Waals surface area contributed by atoms with Gasteiger partial charge in [0.15, 0.2) is 0 Å². The molecule has 0 amide bonds. The summed E-state index contributed by atoms with van der Waals surface area (Å²) in [6.45, 7) is 1.01. The van der Waals surface area contributed by atoms with Crippen LogP contribution in [-0.2, 0) is 14.2 Å². The molecule has 0 aromatic heterocycles. The van der Waals surface area contributed by atoms with Gasteiger partial charge in [0.25, 0.3) is 0 Å². The molecule has 0 aliphatic carbocycles. The molecule has 4 rings (SSSR count). The van der Waals surface area contributed by atoms with Crippen LogP contribution in [0.2, 0.25) is 0 Å². The molecule has 0 unspecified atom stereocenters. The van der Waals surface area contributed by atoms with Gasteiger partial charge in [-0.25, -0.2) is 19.2 Å². The normalized spacial score (nSPS) is 14.3. The van der Waals surface area contributed by atoms with Crippen molar-refractivity contribution >= 4 is 23.9 Å². The minimum absolute atomic E-state index is 0.182. The molecule has 2 aliphatic rings. The van der Waals surface area contributed by atoms with Crippen LogP contribution in [0.15, 0.2) is 36.4 Å². The van der Waals surface area contributed by atoms with Gasteiger partial charge in [-0.3, -0.25) is 0 Å². The monoisotopic (exact) mass is 398 g/mol. The highest BCUT2D eigenvalue weighted by Crippen LogP contribution is 2.25. The van der Waals surface area contributed by atoms with Crippen LogP contribution in [0.25, 0.3) is 0 Å². The molecular formula is C20H14O9. The molecule has 2 heterocycles. The van der Waals surface area contributed by atoms with Crippen molar-refractivity contribution in [1.29, 1.82) is 0 Å². The number of hydrogen-bond donors (Lipinski definition) is 0. The first-order valence-electron chi connectivity index (χ1n) is 8.67. The van der Waals surface area contributed by atoms with Gasteiger partial charge in [-0.2, -0.15) is 0 Å². The van der Waals surface area contributed by atoms with Gasteiger partial charge in [0.1, 0.15) is 24.7 Å². The molecule has 0 saturated heterocycles. The first-order chi connectivity index (χ1) is 14.0. The molecule has 0 fully saturated rings. The summed E-state index contributed by atoms with van der Waals surface area (Å²) in [5.41, 5.74) is 0.809. The molecule has 0 radical (unpaired) electrons. The summed E-state index contributed by atoms with van der Waals surface area (Å²) in [4.78, 5) is 45.8. The molecule has 0 atom stereocenters. The van der Waals surface area contributed by atoms with Gasteiger partial charge in [0.2, 0.25) is 0 Å². The fourth-order valence-corrected chi connectivity index (χ4v) is 2.85. The third-order valence-corrected chi connectivity index (χ3v) is 4.23. The number of benzene rings is 2. The predicted molar refractivity (Wildman–Crippen MR) is 94.2 cm³/mol. The van der Waals surface area contributed by atoms with Crippen molar-refractivity contribution in [3.8, 4) is 11.5 Å². The van der Waals surface area contributed by atoms with Gasteiger partial charge in [-0.1, -0.05) is 0 Å². The minimum Gasteiger partial charge on any atom is -0.491 e. The van der Waals surface area contributed by atoms with Crippen molar-refractivity contribution in [3.05, 3.63) is 58.7 Å². The third-order valence-electron chi connectivity index (χ3n) is 4.23. The molecule has 0 spiro atoms. The summed E-state index contributed by atoms with van der Waals surface area (Å²) >= 11 is 0. The van der Waals surface area contributed by atoms with E-state index in [0.717, 1.165) is 0 Å². The van der Waals surface area contributed by atoms with Crippen LogP contribution in [0.5, 0.6) is 11.5 Å². The maximum absolute atomic E-state index is 11.5. The first-order valence-corrected chi connectivity index (χ1v) is 8.67. The van der Waals surface area contributed by atoms with Crippen molar-refractivity contribution in [1.82, 2.24) is 0 Å². The van der Waals surface area contributed by atoms with Crippen LogP contribution in [0.4, 0.5) is 0 Å². The molecule has 2 aromatic rings. The van der Waals surface area contributed by atoms with E-state index in [1.165, 1.54) is 24.3 Å². The highest BCUT2D eigenvalue weighted by Gasteiger charge is 2.30. The largest absolute Gasteiger partial charge is 0.491 e. The minimum atomic E-state index is -0.687. The van der Waals surface area contributed by atoms with Crippen molar-refractivity contribution in [2.75, 3.05) is 26.4 Å². The van der Waals surface area contributed by atoms with Crippen LogP contribution in [0.1, 0.15) is 41.4 Å². The molecule has 0 N–H and O–H groups in total. The molecule has 9 nitrogen and oxygen atoms in total. The highest BCUT2D eigenvalue weighted by molar-refractivity contribution is 6.15. The van der Waals surface area contributed by atoms with Crippen molar-refractivity contribution in [2.24, 2.45) is 0 Å². The van der Waals surface area contributed by atoms with Gasteiger partial charge in [0, 0.05) is 0 Å². The van der Waals surface area contributed by atoms with Gasteiger partial charge in [-0.05, 0) is 36.4 Å². The number of fused-ring (bicyclic) bond motifs is 2. The highest BCUT2D eigenvalue weighted by atomic mass is 16.6. The zero-order valence-corrected chi connectivity index (χ0v) is 15.0. The number of ether oxygens (including phenoxy) is 5. The second-order valence-electron chi connectivity index (χ2n) is 6.08. The van der Waals surface area contributed by atoms with Crippen molar-refractivity contribution in [2.45, 2.75) is 0 Å². The molecule has 0 bridgehead atoms. The summed E-state index contributed by atoms with van der Waals surface area (Å²) in [6, 6.07) is 9.01. The Labute approximate surface area is 164 Å². The average molecular weight is 398 g/mol. The summed E-state index contributed by atoms with van der Waals surface area (Å²) in [6.07, 6.45) is 0. The second-order valence-corrected chi connectivity index (χ2v) is 6.08. The number of esters is 4. The number of carbonyl (C=O) groups excluding carboxylic acids is 4. The molecule has 0 saturated carbocycles. The van der Waals surface area contributed by atoms with E-state index in [4.69, 9.17) is 14.2 Å². The molecule has 29 heavy (non-hydrogen) atoms. The third kappa shape index (κ3) is 3.81. The molecule has 148 valence electrons.